The van der Waals surface area contributed by atoms with Gasteiger partial charge in [0.1, 0.15) is 5.75 Å². The number of hydrogen-bond acceptors (Lipinski definition) is 4. The van der Waals surface area contributed by atoms with Crippen molar-refractivity contribution in [3.8, 4) is 5.75 Å². The van der Waals surface area contributed by atoms with Crippen molar-refractivity contribution in [1.82, 2.24) is 14.7 Å². The van der Waals surface area contributed by atoms with Crippen molar-refractivity contribution in [3.63, 3.8) is 0 Å². The van der Waals surface area contributed by atoms with Crippen molar-refractivity contribution in [1.29, 1.82) is 0 Å². The molecule has 3 aliphatic rings. The van der Waals surface area contributed by atoms with Crippen LogP contribution in [0.25, 0.3) is 0 Å². The van der Waals surface area contributed by atoms with E-state index in [1.165, 1.54) is 75.0 Å². The molecule has 2 saturated heterocycles. The van der Waals surface area contributed by atoms with Crippen LogP contribution in [-0.4, -0.2) is 78.6 Å². The standard InChI is InChI=1S/C35H51N3O2/c1-27(2)40-33-12-8-9-30(24-33)25-34(39)38-18-16-35(26-38,31-14-13-28(3)29(4)23-31)15-17-36-19-21-37(22-20-36)32-10-6-5-7-11-32/h8-9,12-14,23-24,27,32H,5-7,10-11,15-22,25-26H2,1-4H3. The van der Waals surface area contributed by atoms with Crippen LogP contribution < -0.4 is 4.74 Å². The minimum absolute atomic E-state index is 0.0250. The molecule has 3 fully saturated rings. The molecule has 40 heavy (non-hydrogen) atoms. The number of carbonyl (C=O) groups excluding carboxylic acids is 1. The Morgan fingerprint density at radius 3 is 2.45 bits per heavy atom. The van der Waals surface area contributed by atoms with Crippen molar-refractivity contribution >= 4 is 5.91 Å². The summed E-state index contributed by atoms with van der Waals surface area (Å²) in [5, 5.41) is 0. The maximum Gasteiger partial charge on any atom is 0.227 e. The summed E-state index contributed by atoms with van der Waals surface area (Å²) < 4.78 is 5.87. The number of piperazine rings is 1. The number of likely N-dealkylation sites (tertiary alicyclic amines) is 1. The van der Waals surface area contributed by atoms with Gasteiger partial charge in [0, 0.05) is 50.7 Å². The Bertz CT molecular complexity index is 1130. The second-order valence-corrected chi connectivity index (χ2v) is 13.1. The predicted octanol–water partition coefficient (Wildman–Crippen LogP) is 6.14. The van der Waals surface area contributed by atoms with E-state index >= 15 is 0 Å². The number of hydrogen-bond donors (Lipinski definition) is 0. The number of benzene rings is 2. The third kappa shape index (κ3) is 7.09. The molecular formula is C35H51N3O2. The second kappa shape index (κ2) is 13.1. The van der Waals surface area contributed by atoms with Crippen molar-refractivity contribution in [3.05, 3.63) is 64.7 Å². The lowest BCUT2D eigenvalue weighted by Crippen LogP contribution is -2.51. The smallest absolute Gasteiger partial charge is 0.227 e. The zero-order chi connectivity index (χ0) is 28.1. The number of nitrogens with zero attached hydrogens (tertiary/aromatic N) is 3. The van der Waals surface area contributed by atoms with E-state index in [0.29, 0.717) is 6.42 Å². The number of ether oxygens (including phenoxy) is 1. The Labute approximate surface area is 242 Å². The quantitative estimate of drug-likeness (QED) is 0.379. The van der Waals surface area contributed by atoms with E-state index in [1.54, 1.807) is 0 Å². The van der Waals surface area contributed by atoms with Crippen LogP contribution >= 0.6 is 0 Å². The summed E-state index contributed by atoms with van der Waals surface area (Å²) in [5.41, 5.74) is 5.16. The first-order chi connectivity index (χ1) is 19.3. The molecule has 5 nitrogen and oxygen atoms in total. The minimum Gasteiger partial charge on any atom is -0.491 e. The average Bonchev–Trinajstić information content (AvgIpc) is 3.40. The third-order valence-electron chi connectivity index (χ3n) is 9.86. The van der Waals surface area contributed by atoms with E-state index < -0.39 is 0 Å². The van der Waals surface area contributed by atoms with Crippen LogP contribution in [0.4, 0.5) is 0 Å². The first kappa shape index (κ1) is 29.1. The maximum atomic E-state index is 13.5. The largest absolute Gasteiger partial charge is 0.491 e. The fourth-order valence-corrected chi connectivity index (χ4v) is 7.20. The van der Waals surface area contributed by atoms with Gasteiger partial charge in [0.25, 0.3) is 0 Å². The molecule has 0 aromatic heterocycles. The highest BCUT2D eigenvalue weighted by atomic mass is 16.5. The molecule has 1 atom stereocenters. The van der Waals surface area contributed by atoms with Gasteiger partial charge in [-0.2, -0.15) is 0 Å². The summed E-state index contributed by atoms with van der Waals surface area (Å²) in [7, 11) is 0. The fourth-order valence-electron chi connectivity index (χ4n) is 7.20. The highest BCUT2D eigenvalue weighted by molar-refractivity contribution is 5.79. The number of carbonyl (C=O) groups is 1. The van der Waals surface area contributed by atoms with Crippen molar-refractivity contribution in [2.75, 3.05) is 45.8 Å². The first-order valence-electron chi connectivity index (χ1n) is 15.9. The second-order valence-electron chi connectivity index (χ2n) is 13.1. The molecule has 2 heterocycles. The van der Waals surface area contributed by atoms with Gasteiger partial charge in [-0.05, 0) is 94.3 Å². The molecule has 2 aliphatic heterocycles. The highest BCUT2D eigenvalue weighted by Gasteiger charge is 2.41. The molecule has 1 unspecified atom stereocenters. The van der Waals surface area contributed by atoms with Crippen LogP contribution in [0.15, 0.2) is 42.5 Å². The molecule has 2 aromatic carbocycles. The molecule has 0 spiro atoms. The Hall–Kier alpha value is -2.37. The van der Waals surface area contributed by atoms with Gasteiger partial charge in [0.2, 0.25) is 5.91 Å². The summed E-state index contributed by atoms with van der Waals surface area (Å²) in [6.45, 7) is 16.0. The van der Waals surface area contributed by atoms with Gasteiger partial charge in [-0.25, -0.2) is 0 Å². The van der Waals surface area contributed by atoms with E-state index in [1.807, 2.05) is 38.1 Å². The topological polar surface area (TPSA) is 36.0 Å². The van der Waals surface area contributed by atoms with Gasteiger partial charge in [0.05, 0.1) is 12.5 Å². The molecule has 5 rings (SSSR count). The normalized spacial score (nSPS) is 23.2. The van der Waals surface area contributed by atoms with Gasteiger partial charge in [-0.1, -0.05) is 49.6 Å². The molecule has 0 radical (unpaired) electrons. The molecule has 2 aromatic rings. The molecule has 5 heteroatoms. The summed E-state index contributed by atoms with van der Waals surface area (Å²) in [5.74, 6) is 1.07. The summed E-state index contributed by atoms with van der Waals surface area (Å²) in [6.07, 6.45) is 9.75. The van der Waals surface area contributed by atoms with E-state index in [2.05, 4.69) is 46.7 Å². The lowest BCUT2D eigenvalue weighted by molar-refractivity contribution is -0.129. The van der Waals surface area contributed by atoms with Crippen LogP contribution in [-0.2, 0) is 16.6 Å². The molecule has 1 saturated carbocycles. The monoisotopic (exact) mass is 545 g/mol. The molecule has 0 bridgehead atoms. The number of amides is 1. The van der Waals surface area contributed by atoms with E-state index in [4.69, 9.17) is 4.74 Å². The summed E-state index contributed by atoms with van der Waals surface area (Å²) in [6, 6.07) is 15.9. The number of aryl methyl sites for hydroxylation is 2. The van der Waals surface area contributed by atoms with Crippen LogP contribution in [0.5, 0.6) is 5.75 Å². The summed E-state index contributed by atoms with van der Waals surface area (Å²) in [4.78, 5) is 21.1. The lowest BCUT2D eigenvalue weighted by Gasteiger charge is -2.42. The van der Waals surface area contributed by atoms with Crippen LogP contribution in [0.3, 0.4) is 0 Å². The van der Waals surface area contributed by atoms with Gasteiger partial charge < -0.3 is 14.5 Å². The van der Waals surface area contributed by atoms with E-state index in [-0.39, 0.29) is 17.4 Å². The summed E-state index contributed by atoms with van der Waals surface area (Å²) >= 11 is 0. The Balaban J connectivity index is 1.24. The van der Waals surface area contributed by atoms with Crippen LogP contribution in [0, 0.1) is 13.8 Å². The molecule has 1 aliphatic carbocycles. The van der Waals surface area contributed by atoms with Crippen LogP contribution in [0.2, 0.25) is 0 Å². The van der Waals surface area contributed by atoms with Crippen LogP contribution in [0.1, 0.15) is 81.0 Å². The van der Waals surface area contributed by atoms with E-state index in [9.17, 15) is 4.79 Å². The third-order valence-corrected chi connectivity index (χ3v) is 9.86. The first-order valence-corrected chi connectivity index (χ1v) is 15.9. The average molecular weight is 546 g/mol. The minimum atomic E-state index is 0.0250. The SMILES string of the molecule is Cc1ccc(C2(CCN3CCN(C4CCCCC4)CC3)CCN(C(=O)Cc3cccc(OC(C)C)c3)C2)cc1C. The highest BCUT2D eigenvalue weighted by Crippen LogP contribution is 2.39. The Morgan fingerprint density at radius 1 is 0.950 bits per heavy atom. The zero-order valence-corrected chi connectivity index (χ0v) is 25.5. The molecule has 218 valence electrons. The predicted molar refractivity (Wildman–Crippen MR) is 164 cm³/mol. The van der Waals surface area contributed by atoms with Crippen molar-refractivity contribution < 1.29 is 9.53 Å². The van der Waals surface area contributed by atoms with Gasteiger partial charge in [-0.3, -0.25) is 9.69 Å². The molecule has 0 N–H and O–H groups in total. The van der Waals surface area contributed by atoms with Gasteiger partial charge >= 0.3 is 0 Å². The van der Waals surface area contributed by atoms with E-state index in [0.717, 1.165) is 49.8 Å². The van der Waals surface area contributed by atoms with Gasteiger partial charge in [0.15, 0.2) is 0 Å². The van der Waals surface area contributed by atoms with Crippen molar-refractivity contribution in [2.24, 2.45) is 0 Å². The zero-order valence-electron chi connectivity index (χ0n) is 25.5. The molecular weight excluding hydrogens is 494 g/mol. The maximum absolute atomic E-state index is 13.5. The van der Waals surface area contributed by atoms with Gasteiger partial charge in [-0.15, -0.1) is 0 Å². The number of rotatable bonds is 9. The van der Waals surface area contributed by atoms with Crippen molar-refractivity contribution in [2.45, 2.75) is 96.6 Å². The fraction of sp³-hybridized carbons (Fsp3) is 0.629. The Morgan fingerprint density at radius 2 is 1.73 bits per heavy atom. The Kier molecular flexibility index (Phi) is 9.53. The molecule has 1 amide bonds. The lowest BCUT2D eigenvalue weighted by atomic mass is 9.76.